The number of carboxylic acid groups (broad SMARTS) is 1. The average Bonchev–Trinajstić information content (AvgIpc) is 3.06. The number of carboxylic acids is 1. The Hall–Kier alpha value is -2.50. The standard InChI is InChI=1S/C22H26N2O4.CH4/c25-21(26)19(10-16-11-23-18-4-2-1-3-17(16)18)24-22(27)28-20-14-6-12-5-13(8-14)9-15(20)7-12;/h1-4,11-15,19-20,23H,5-10H2,(H,24,27)(H,25,26);1H4/t12?,13?,14?,15?,19-,20?;/m1./s1. The number of hydrogen-bond donors (Lipinski definition) is 3. The molecule has 156 valence electrons. The lowest BCUT2D eigenvalue weighted by atomic mass is 9.55. The molecule has 6 nitrogen and oxygen atoms in total. The number of amides is 1. The molecule has 1 aromatic carbocycles. The van der Waals surface area contributed by atoms with E-state index in [-0.39, 0.29) is 20.0 Å². The summed E-state index contributed by atoms with van der Waals surface area (Å²) in [7, 11) is 0. The van der Waals surface area contributed by atoms with E-state index in [2.05, 4.69) is 10.3 Å². The van der Waals surface area contributed by atoms with Crippen LogP contribution in [-0.4, -0.2) is 34.3 Å². The van der Waals surface area contributed by atoms with E-state index in [1.165, 1.54) is 6.42 Å². The van der Waals surface area contributed by atoms with Crippen LogP contribution in [0.1, 0.15) is 45.1 Å². The second kappa shape index (κ2) is 7.73. The first kappa shape index (κ1) is 19.8. The topological polar surface area (TPSA) is 91.4 Å². The molecule has 4 fully saturated rings. The van der Waals surface area contributed by atoms with Gasteiger partial charge < -0.3 is 20.1 Å². The Bertz CT molecular complexity index is 877. The number of fused-ring (bicyclic) bond motifs is 1. The molecule has 0 saturated heterocycles. The van der Waals surface area contributed by atoms with Gasteiger partial charge in [0, 0.05) is 23.5 Å². The molecule has 4 aliphatic carbocycles. The molecule has 1 atom stereocenters. The molecule has 6 heteroatoms. The van der Waals surface area contributed by atoms with Crippen LogP contribution in [0.3, 0.4) is 0 Å². The summed E-state index contributed by atoms with van der Waals surface area (Å²) in [4.78, 5) is 27.4. The Morgan fingerprint density at radius 3 is 2.41 bits per heavy atom. The van der Waals surface area contributed by atoms with Gasteiger partial charge in [0.15, 0.2) is 0 Å². The molecular weight excluding hydrogens is 368 g/mol. The van der Waals surface area contributed by atoms with Gasteiger partial charge in [0.1, 0.15) is 12.1 Å². The van der Waals surface area contributed by atoms with E-state index in [1.54, 1.807) is 0 Å². The zero-order chi connectivity index (χ0) is 19.3. The highest BCUT2D eigenvalue weighted by Gasteiger charge is 2.50. The third-order valence-electron chi connectivity index (χ3n) is 7.07. The molecule has 0 radical (unpaired) electrons. The third kappa shape index (κ3) is 3.72. The van der Waals surface area contributed by atoms with Crippen LogP contribution in [0.4, 0.5) is 4.79 Å². The maximum absolute atomic E-state index is 12.5. The van der Waals surface area contributed by atoms with Gasteiger partial charge in [-0.3, -0.25) is 0 Å². The van der Waals surface area contributed by atoms with Crippen molar-refractivity contribution in [3.63, 3.8) is 0 Å². The molecular formula is C23H30N2O4. The van der Waals surface area contributed by atoms with E-state index in [0.717, 1.165) is 54.0 Å². The molecule has 4 aliphatic rings. The summed E-state index contributed by atoms with van der Waals surface area (Å²) in [6.07, 6.45) is 7.36. The molecule has 0 aliphatic heterocycles. The Morgan fingerprint density at radius 1 is 1.10 bits per heavy atom. The quantitative estimate of drug-likeness (QED) is 0.698. The Labute approximate surface area is 171 Å². The molecule has 0 unspecified atom stereocenters. The number of aromatic amines is 1. The van der Waals surface area contributed by atoms with Crippen LogP contribution < -0.4 is 5.32 Å². The van der Waals surface area contributed by atoms with Crippen molar-refractivity contribution in [2.45, 2.75) is 58.1 Å². The lowest BCUT2D eigenvalue weighted by molar-refractivity contribution is -0.139. The van der Waals surface area contributed by atoms with Crippen molar-refractivity contribution >= 4 is 23.0 Å². The Balaban J connectivity index is 0.00000205. The number of carbonyl (C=O) groups excluding carboxylic acids is 1. The van der Waals surface area contributed by atoms with Crippen LogP contribution >= 0.6 is 0 Å². The first-order valence-corrected chi connectivity index (χ1v) is 10.3. The fourth-order valence-corrected chi connectivity index (χ4v) is 6.09. The fraction of sp³-hybridized carbons (Fsp3) is 0.565. The summed E-state index contributed by atoms with van der Waals surface area (Å²) >= 11 is 0. The van der Waals surface area contributed by atoms with Gasteiger partial charge in [-0.05, 0) is 67.4 Å². The predicted octanol–water partition coefficient (Wildman–Crippen LogP) is 4.35. The zero-order valence-electron chi connectivity index (χ0n) is 15.8. The molecule has 4 bridgehead atoms. The maximum Gasteiger partial charge on any atom is 0.408 e. The molecule has 4 saturated carbocycles. The van der Waals surface area contributed by atoms with E-state index in [4.69, 9.17) is 4.74 Å². The smallest absolute Gasteiger partial charge is 0.408 e. The van der Waals surface area contributed by atoms with Crippen LogP contribution in [0.2, 0.25) is 0 Å². The molecule has 29 heavy (non-hydrogen) atoms. The molecule has 2 aromatic rings. The minimum Gasteiger partial charge on any atom is -0.480 e. The highest BCUT2D eigenvalue weighted by Crippen LogP contribution is 2.54. The van der Waals surface area contributed by atoms with Gasteiger partial charge in [-0.2, -0.15) is 0 Å². The fourth-order valence-electron chi connectivity index (χ4n) is 6.09. The minimum atomic E-state index is -1.05. The Morgan fingerprint density at radius 2 is 1.76 bits per heavy atom. The van der Waals surface area contributed by atoms with Crippen molar-refractivity contribution in [3.05, 3.63) is 36.0 Å². The normalized spacial score (nSPS) is 30.6. The van der Waals surface area contributed by atoms with Crippen molar-refractivity contribution in [3.8, 4) is 0 Å². The molecule has 3 N–H and O–H groups in total. The largest absolute Gasteiger partial charge is 0.480 e. The van der Waals surface area contributed by atoms with Gasteiger partial charge in [0.05, 0.1) is 0 Å². The number of aromatic nitrogens is 1. The predicted molar refractivity (Wildman–Crippen MR) is 111 cm³/mol. The first-order valence-electron chi connectivity index (χ1n) is 10.3. The van der Waals surface area contributed by atoms with E-state index < -0.39 is 18.1 Å². The summed E-state index contributed by atoms with van der Waals surface area (Å²) in [6, 6.07) is 6.74. The zero-order valence-corrected chi connectivity index (χ0v) is 15.8. The van der Waals surface area contributed by atoms with Gasteiger partial charge in [0.25, 0.3) is 0 Å². The van der Waals surface area contributed by atoms with Crippen LogP contribution in [-0.2, 0) is 16.0 Å². The van der Waals surface area contributed by atoms with Gasteiger partial charge in [-0.25, -0.2) is 9.59 Å². The maximum atomic E-state index is 12.5. The highest BCUT2D eigenvalue weighted by atomic mass is 16.6. The summed E-state index contributed by atoms with van der Waals surface area (Å²) in [6.45, 7) is 0. The number of nitrogens with one attached hydrogen (secondary N) is 2. The van der Waals surface area contributed by atoms with E-state index in [1.807, 2.05) is 30.5 Å². The second-order valence-corrected chi connectivity index (χ2v) is 8.90. The third-order valence-corrected chi connectivity index (χ3v) is 7.07. The van der Waals surface area contributed by atoms with Crippen LogP contribution in [0.25, 0.3) is 10.9 Å². The number of hydrogen-bond acceptors (Lipinski definition) is 3. The number of rotatable bonds is 5. The number of aliphatic carboxylic acids is 1. The number of H-pyrrole nitrogens is 1. The van der Waals surface area contributed by atoms with Gasteiger partial charge in [-0.1, -0.05) is 25.6 Å². The molecule has 1 heterocycles. The summed E-state index contributed by atoms with van der Waals surface area (Å²) in [5.41, 5.74) is 1.83. The van der Waals surface area contributed by atoms with Crippen LogP contribution in [0.15, 0.2) is 30.5 Å². The van der Waals surface area contributed by atoms with Crippen LogP contribution in [0.5, 0.6) is 0 Å². The van der Waals surface area contributed by atoms with Gasteiger partial charge in [-0.15, -0.1) is 0 Å². The van der Waals surface area contributed by atoms with E-state index >= 15 is 0 Å². The summed E-state index contributed by atoms with van der Waals surface area (Å²) in [5, 5.41) is 13.2. The Kier molecular flexibility index (Phi) is 5.28. The van der Waals surface area contributed by atoms with Crippen molar-refractivity contribution < 1.29 is 19.4 Å². The first-order chi connectivity index (χ1) is 13.6. The highest BCUT2D eigenvalue weighted by molar-refractivity contribution is 5.85. The number of ether oxygens (including phenoxy) is 1. The number of para-hydroxylation sites is 1. The van der Waals surface area contributed by atoms with Gasteiger partial charge in [0.2, 0.25) is 0 Å². The van der Waals surface area contributed by atoms with Crippen molar-refractivity contribution in [2.75, 3.05) is 0 Å². The van der Waals surface area contributed by atoms with Crippen molar-refractivity contribution in [1.82, 2.24) is 10.3 Å². The summed E-state index contributed by atoms with van der Waals surface area (Å²) in [5.74, 6) is 1.48. The monoisotopic (exact) mass is 398 g/mol. The van der Waals surface area contributed by atoms with Gasteiger partial charge >= 0.3 is 12.1 Å². The SMILES string of the molecule is C.O=C(N[C@H](Cc1c[nH]c2ccccc12)C(=O)O)OC1C2CC3CC(C2)CC1C3. The molecule has 1 amide bonds. The minimum absolute atomic E-state index is 0. The molecule has 1 aromatic heterocycles. The van der Waals surface area contributed by atoms with E-state index in [0.29, 0.717) is 11.8 Å². The number of alkyl carbamates (subject to hydrolysis) is 1. The average molecular weight is 399 g/mol. The van der Waals surface area contributed by atoms with Crippen LogP contribution in [0, 0.1) is 23.7 Å². The summed E-state index contributed by atoms with van der Waals surface area (Å²) < 4.78 is 5.79. The number of benzene rings is 1. The molecule has 6 rings (SSSR count). The number of carbonyl (C=O) groups is 2. The lowest BCUT2D eigenvalue weighted by Gasteiger charge is -2.53. The van der Waals surface area contributed by atoms with E-state index in [9.17, 15) is 14.7 Å². The van der Waals surface area contributed by atoms with Crippen molar-refractivity contribution in [2.24, 2.45) is 23.7 Å². The molecule has 0 spiro atoms. The lowest BCUT2D eigenvalue weighted by Crippen LogP contribution is -2.52. The van der Waals surface area contributed by atoms with Crippen molar-refractivity contribution in [1.29, 1.82) is 0 Å². The second-order valence-electron chi connectivity index (χ2n) is 8.90.